The molecule has 0 N–H and O–H groups in total. The third-order valence-corrected chi connectivity index (χ3v) is 1.66. The van der Waals surface area contributed by atoms with Crippen molar-refractivity contribution in [1.82, 2.24) is 0 Å². The lowest BCUT2D eigenvalue weighted by Crippen LogP contribution is -2.03. The number of hydrogen-bond acceptors (Lipinski definition) is 1. The van der Waals surface area contributed by atoms with E-state index in [9.17, 15) is 4.39 Å². The van der Waals surface area contributed by atoms with Gasteiger partial charge in [-0.1, -0.05) is 6.08 Å². The second kappa shape index (κ2) is 2.53. The largest absolute Gasteiger partial charge is 0.247 e. The SMILES string of the molecule is F[C@@H]1CCC=C(S)C1. The highest BCUT2D eigenvalue weighted by atomic mass is 32.1. The molecule has 0 saturated heterocycles. The normalized spacial score (nSPS) is 29.8. The van der Waals surface area contributed by atoms with Crippen molar-refractivity contribution < 1.29 is 4.39 Å². The van der Waals surface area contributed by atoms with Crippen molar-refractivity contribution in [3.63, 3.8) is 0 Å². The molecule has 0 spiro atoms. The van der Waals surface area contributed by atoms with Crippen LogP contribution in [0.1, 0.15) is 19.3 Å². The van der Waals surface area contributed by atoms with Crippen molar-refractivity contribution in [1.29, 1.82) is 0 Å². The average molecular weight is 132 g/mol. The van der Waals surface area contributed by atoms with Gasteiger partial charge in [0.15, 0.2) is 0 Å². The maximum absolute atomic E-state index is 12.3. The quantitative estimate of drug-likeness (QED) is 0.480. The molecule has 1 rings (SSSR count). The zero-order valence-corrected chi connectivity index (χ0v) is 5.50. The fourth-order valence-electron chi connectivity index (χ4n) is 0.843. The minimum atomic E-state index is -0.632. The van der Waals surface area contributed by atoms with Gasteiger partial charge in [0, 0.05) is 6.42 Å². The molecule has 0 radical (unpaired) electrons. The molecule has 0 aromatic heterocycles. The van der Waals surface area contributed by atoms with E-state index in [1.54, 1.807) is 0 Å². The second-order valence-corrected chi connectivity index (χ2v) is 2.65. The molecule has 0 aromatic carbocycles. The summed E-state index contributed by atoms with van der Waals surface area (Å²) in [6, 6.07) is 0. The van der Waals surface area contributed by atoms with Gasteiger partial charge in [-0.15, -0.1) is 12.6 Å². The predicted octanol–water partition coefficient (Wildman–Crippen LogP) is 2.32. The Balaban J connectivity index is 2.45. The fraction of sp³-hybridized carbons (Fsp3) is 0.667. The van der Waals surface area contributed by atoms with Gasteiger partial charge in [0.25, 0.3) is 0 Å². The first-order chi connectivity index (χ1) is 3.79. The third kappa shape index (κ3) is 1.51. The Bertz CT molecular complexity index is 109. The van der Waals surface area contributed by atoms with Crippen LogP contribution in [0.15, 0.2) is 11.0 Å². The molecule has 2 heteroatoms. The fourth-order valence-corrected chi connectivity index (χ4v) is 1.17. The van der Waals surface area contributed by atoms with Gasteiger partial charge in [-0.2, -0.15) is 0 Å². The summed E-state index contributed by atoms with van der Waals surface area (Å²) >= 11 is 4.04. The summed E-state index contributed by atoms with van der Waals surface area (Å²) in [6.45, 7) is 0. The zero-order valence-electron chi connectivity index (χ0n) is 4.60. The molecule has 1 atom stereocenters. The Labute approximate surface area is 54.2 Å². The van der Waals surface area contributed by atoms with Crippen LogP contribution in [0, 0.1) is 0 Å². The standard InChI is InChI=1S/C6H9FS/c7-5-2-1-3-6(8)4-5/h3,5,8H,1-2,4H2/t5-/m1/s1. The molecule has 1 aliphatic carbocycles. The lowest BCUT2D eigenvalue weighted by molar-refractivity contribution is 0.310. The van der Waals surface area contributed by atoms with E-state index < -0.39 is 6.17 Å². The first-order valence-electron chi connectivity index (χ1n) is 2.81. The van der Waals surface area contributed by atoms with E-state index in [1.807, 2.05) is 6.08 Å². The van der Waals surface area contributed by atoms with Crippen LogP contribution < -0.4 is 0 Å². The third-order valence-electron chi connectivity index (χ3n) is 1.29. The topological polar surface area (TPSA) is 0 Å². The van der Waals surface area contributed by atoms with Crippen LogP contribution in [-0.4, -0.2) is 6.17 Å². The minimum Gasteiger partial charge on any atom is -0.247 e. The van der Waals surface area contributed by atoms with Crippen molar-refractivity contribution in [2.75, 3.05) is 0 Å². The smallest absolute Gasteiger partial charge is 0.105 e. The van der Waals surface area contributed by atoms with E-state index in [1.165, 1.54) is 0 Å². The van der Waals surface area contributed by atoms with Gasteiger partial charge in [-0.05, 0) is 17.7 Å². The van der Waals surface area contributed by atoms with E-state index in [-0.39, 0.29) is 0 Å². The van der Waals surface area contributed by atoms with Gasteiger partial charge in [-0.3, -0.25) is 0 Å². The summed E-state index contributed by atoms with van der Waals surface area (Å²) in [4.78, 5) is 0.906. The van der Waals surface area contributed by atoms with Crippen molar-refractivity contribution in [2.45, 2.75) is 25.4 Å². The summed E-state index contributed by atoms with van der Waals surface area (Å²) in [6.07, 6.45) is 3.43. The first kappa shape index (κ1) is 6.14. The van der Waals surface area contributed by atoms with Gasteiger partial charge < -0.3 is 0 Å². The van der Waals surface area contributed by atoms with Gasteiger partial charge in [-0.25, -0.2) is 4.39 Å². The zero-order chi connectivity index (χ0) is 5.98. The summed E-state index contributed by atoms with van der Waals surface area (Å²) in [5, 5.41) is 0. The summed E-state index contributed by atoms with van der Waals surface area (Å²) in [7, 11) is 0. The van der Waals surface area contributed by atoms with Crippen LogP contribution in [0.25, 0.3) is 0 Å². The monoisotopic (exact) mass is 132 g/mol. The molecule has 0 saturated carbocycles. The lowest BCUT2D eigenvalue weighted by atomic mass is 10.1. The molecular weight excluding hydrogens is 123 g/mol. The molecule has 0 unspecified atom stereocenters. The van der Waals surface area contributed by atoms with Crippen LogP contribution in [0.4, 0.5) is 4.39 Å². The molecule has 0 fully saturated rings. The lowest BCUT2D eigenvalue weighted by Gasteiger charge is -2.11. The molecule has 0 bridgehead atoms. The van der Waals surface area contributed by atoms with Gasteiger partial charge in [0.2, 0.25) is 0 Å². The van der Waals surface area contributed by atoms with Crippen LogP contribution in [-0.2, 0) is 0 Å². The summed E-state index contributed by atoms with van der Waals surface area (Å²) < 4.78 is 12.3. The Kier molecular flexibility index (Phi) is 1.95. The van der Waals surface area contributed by atoms with Gasteiger partial charge >= 0.3 is 0 Å². The molecule has 0 nitrogen and oxygen atoms in total. The number of allylic oxidation sites excluding steroid dienone is 2. The highest BCUT2D eigenvalue weighted by Gasteiger charge is 2.10. The highest BCUT2D eigenvalue weighted by molar-refractivity contribution is 7.84. The maximum atomic E-state index is 12.3. The molecule has 0 amide bonds. The van der Waals surface area contributed by atoms with Crippen molar-refractivity contribution in [3.05, 3.63) is 11.0 Å². The van der Waals surface area contributed by atoms with Crippen molar-refractivity contribution in [3.8, 4) is 0 Å². The number of rotatable bonds is 0. The van der Waals surface area contributed by atoms with Crippen LogP contribution in [0.2, 0.25) is 0 Å². The van der Waals surface area contributed by atoms with Crippen LogP contribution in [0.3, 0.4) is 0 Å². The van der Waals surface area contributed by atoms with E-state index >= 15 is 0 Å². The van der Waals surface area contributed by atoms with Gasteiger partial charge in [0.1, 0.15) is 6.17 Å². The second-order valence-electron chi connectivity index (χ2n) is 2.07. The molecule has 0 aromatic rings. The minimum absolute atomic E-state index is 0.531. The van der Waals surface area contributed by atoms with Crippen molar-refractivity contribution >= 4 is 12.6 Å². The first-order valence-corrected chi connectivity index (χ1v) is 3.26. The predicted molar refractivity (Wildman–Crippen MR) is 35.8 cm³/mol. The van der Waals surface area contributed by atoms with E-state index in [0.29, 0.717) is 12.8 Å². The molecule has 1 aliphatic rings. The average Bonchev–Trinajstić information content (AvgIpc) is 1.64. The van der Waals surface area contributed by atoms with E-state index in [4.69, 9.17) is 0 Å². The number of thiol groups is 1. The van der Waals surface area contributed by atoms with Gasteiger partial charge in [0.05, 0.1) is 0 Å². The molecule has 0 heterocycles. The summed E-state index contributed by atoms with van der Waals surface area (Å²) in [5.74, 6) is 0. The molecule has 0 aliphatic heterocycles. The maximum Gasteiger partial charge on any atom is 0.105 e. The molecule has 8 heavy (non-hydrogen) atoms. The highest BCUT2D eigenvalue weighted by Crippen LogP contribution is 2.22. The van der Waals surface area contributed by atoms with Crippen LogP contribution >= 0.6 is 12.6 Å². The Morgan fingerprint density at radius 3 is 2.88 bits per heavy atom. The molecule has 46 valence electrons. The summed E-state index contributed by atoms with van der Waals surface area (Å²) in [5.41, 5.74) is 0. The number of hydrogen-bond donors (Lipinski definition) is 1. The van der Waals surface area contributed by atoms with Crippen molar-refractivity contribution in [2.24, 2.45) is 0 Å². The number of halogens is 1. The van der Waals surface area contributed by atoms with Crippen LogP contribution in [0.5, 0.6) is 0 Å². The van der Waals surface area contributed by atoms with E-state index in [0.717, 1.165) is 11.3 Å². The number of alkyl halides is 1. The Morgan fingerprint density at radius 2 is 2.50 bits per heavy atom. The van der Waals surface area contributed by atoms with E-state index in [2.05, 4.69) is 12.6 Å². The Morgan fingerprint density at radius 1 is 1.75 bits per heavy atom. The molecular formula is C6H9FS. The Hall–Kier alpha value is 0.0200.